The van der Waals surface area contributed by atoms with E-state index < -0.39 is 0 Å². The number of fused-ring (bicyclic) bond motifs is 2. The van der Waals surface area contributed by atoms with Crippen molar-refractivity contribution in [3.63, 3.8) is 0 Å². The molecule has 0 saturated heterocycles. The van der Waals surface area contributed by atoms with Gasteiger partial charge in [-0.25, -0.2) is 0 Å². The van der Waals surface area contributed by atoms with Gasteiger partial charge in [-0.3, -0.25) is 14.2 Å². The molecule has 9 heteroatoms. The Morgan fingerprint density at radius 1 is 1.29 bits per heavy atom. The largest absolute Gasteiger partial charge is 0.356 e. The van der Waals surface area contributed by atoms with Gasteiger partial charge in [0.15, 0.2) is 17.4 Å². The highest BCUT2D eigenvalue weighted by Crippen LogP contribution is 2.24. The van der Waals surface area contributed by atoms with E-state index in [4.69, 9.17) is 0 Å². The molecular weight excluding hydrogens is 374 g/mol. The third-order valence-electron chi connectivity index (χ3n) is 4.81. The highest BCUT2D eigenvalue weighted by Gasteiger charge is 2.21. The summed E-state index contributed by atoms with van der Waals surface area (Å²) in [7, 11) is 1.71. The summed E-state index contributed by atoms with van der Waals surface area (Å²) in [6, 6.07) is 7.91. The number of pyridine rings is 1. The van der Waals surface area contributed by atoms with Crippen molar-refractivity contribution in [3.05, 3.63) is 52.1 Å². The molecule has 0 aromatic carbocycles. The molecule has 28 heavy (non-hydrogen) atoms. The second-order valence-electron chi connectivity index (χ2n) is 6.58. The molecule has 0 bridgehead atoms. The van der Waals surface area contributed by atoms with Crippen LogP contribution in [0.2, 0.25) is 0 Å². The number of aromatic nitrogens is 3. The average molecular weight is 398 g/mol. The minimum Gasteiger partial charge on any atom is -0.356 e. The van der Waals surface area contributed by atoms with Crippen LogP contribution in [0.3, 0.4) is 0 Å². The summed E-state index contributed by atoms with van der Waals surface area (Å²) in [4.78, 5) is 20.1. The van der Waals surface area contributed by atoms with Gasteiger partial charge in [-0.1, -0.05) is 6.07 Å². The Labute approximate surface area is 167 Å². The van der Waals surface area contributed by atoms with Gasteiger partial charge >= 0.3 is 0 Å². The molecule has 1 aliphatic heterocycles. The fourth-order valence-electron chi connectivity index (χ4n) is 3.30. The first-order valence-electron chi connectivity index (χ1n) is 9.31. The van der Waals surface area contributed by atoms with Crippen LogP contribution in [0, 0.1) is 0 Å². The van der Waals surface area contributed by atoms with E-state index in [2.05, 4.69) is 37.3 Å². The summed E-state index contributed by atoms with van der Waals surface area (Å²) < 4.78 is 1.93. The quantitative estimate of drug-likeness (QED) is 0.502. The third kappa shape index (κ3) is 3.99. The Balaban J connectivity index is 1.24. The van der Waals surface area contributed by atoms with Crippen molar-refractivity contribution in [1.29, 1.82) is 0 Å². The molecule has 146 valence electrons. The molecule has 4 heterocycles. The highest BCUT2D eigenvalue weighted by molar-refractivity contribution is 7.10. The van der Waals surface area contributed by atoms with Gasteiger partial charge in [0.2, 0.25) is 5.91 Å². The summed E-state index contributed by atoms with van der Waals surface area (Å²) in [6.07, 6.45) is 3.33. The minimum atomic E-state index is 0.170. The lowest BCUT2D eigenvalue weighted by atomic mass is 10.1. The molecule has 1 amide bonds. The number of carbonyl (C=O) groups excluding carboxylic acids is 1. The van der Waals surface area contributed by atoms with Crippen LogP contribution in [0.25, 0.3) is 5.65 Å². The van der Waals surface area contributed by atoms with Gasteiger partial charge in [0.1, 0.15) is 0 Å². The van der Waals surface area contributed by atoms with Crippen molar-refractivity contribution >= 4 is 28.9 Å². The van der Waals surface area contributed by atoms with E-state index in [9.17, 15) is 4.79 Å². The number of nitrogens with zero attached hydrogens (tertiary/aromatic N) is 5. The molecule has 2 N–H and O–H groups in total. The molecule has 1 aliphatic rings. The van der Waals surface area contributed by atoms with E-state index in [1.54, 1.807) is 18.4 Å². The maximum atomic E-state index is 12.5. The van der Waals surface area contributed by atoms with Gasteiger partial charge < -0.3 is 15.5 Å². The molecule has 8 nitrogen and oxygen atoms in total. The van der Waals surface area contributed by atoms with Gasteiger partial charge in [0, 0.05) is 44.2 Å². The Morgan fingerprint density at radius 3 is 3.11 bits per heavy atom. The number of aliphatic imine (C=N–C) groups is 1. The van der Waals surface area contributed by atoms with E-state index in [0.29, 0.717) is 25.5 Å². The van der Waals surface area contributed by atoms with E-state index in [1.165, 1.54) is 10.4 Å². The first-order chi connectivity index (χ1) is 13.7. The zero-order valence-corrected chi connectivity index (χ0v) is 16.6. The van der Waals surface area contributed by atoms with Crippen LogP contribution in [-0.4, -0.2) is 51.5 Å². The fraction of sp³-hybridized carbons (Fsp3) is 0.368. The number of rotatable bonds is 5. The monoisotopic (exact) mass is 397 g/mol. The summed E-state index contributed by atoms with van der Waals surface area (Å²) in [5.74, 6) is 1.61. The average Bonchev–Trinajstić information content (AvgIpc) is 3.36. The highest BCUT2D eigenvalue weighted by atomic mass is 32.1. The van der Waals surface area contributed by atoms with Crippen molar-refractivity contribution in [2.75, 3.05) is 20.1 Å². The number of hydrogen-bond acceptors (Lipinski definition) is 5. The van der Waals surface area contributed by atoms with Crippen molar-refractivity contribution in [3.8, 4) is 0 Å². The van der Waals surface area contributed by atoms with Crippen LogP contribution >= 0.6 is 11.3 Å². The van der Waals surface area contributed by atoms with E-state index >= 15 is 0 Å². The molecule has 0 aliphatic carbocycles. The third-order valence-corrected chi connectivity index (χ3v) is 5.84. The summed E-state index contributed by atoms with van der Waals surface area (Å²) in [5, 5.41) is 16.9. The molecule has 4 rings (SSSR count). The molecule has 0 spiro atoms. The van der Waals surface area contributed by atoms with Crippen LogP contribution in [0.15, 0.2) is 40.8 Å². The van der Waals surface area contributed by atoms with Crippen molar-refractivity contribution in [2.24, 2.45) is 4.99 Å². The number of guanidine groups is 1. The molecule has 3 aromatic heterocycles. The van der Waals surface area contributed by atoms with Crippen LogP contribution in [0.4, 0.5) is 0 Å². The number of amides is 1. The second-order valence-corrected chi connectivity index (χ2v) is 7.58. The zero-order valence-electron chi connectivity index (χ0n) is 15.8. The normalized spacial score (nSPS) is 14.2. The smallest absolute Gasteiger partial charge is 0.224 e. The minimum absolute atomic E-state index is 0.170. The van der Waals surface area contributed by atoms with Crippen LogP contribution in [-0.2, 0) is 24.3 Å². The molecule has 0 fully saturated rings. The Kier molecular flexibility index (Phi) is 5.52. The Hall–Kier alpha value is -2.94. The Morgan fingerprint density at radius 2 is 2.21 bits per heavy atom. The van der Waals surface area contributed by atoms with Crippen LogP contribution in [0.5, 0.6) is 0 Å². The Bertz CT molecular complexity index is 993. The van der Waals surface area contributed by atoms with Gasteiger partial charge in [0.25, 0.3) is 0 Å². The van der Waals surface area contributed by atoms with Crippen molar-refractivity contribution in [1.82, 2.24) is 30.1 Å². The maximum absolute atomic E-state index is 12.5. The number of hydrogen-bond donors (Lipinski definition) is 2. The van der Waals surface area contributed by atoms with Crippen LogP contribution < -0.4 is 10.6 Å². The van der Waals surface area contributed by atoms with Gasteiger partial charge in [-0.15, -0.1) is 21.5 Å². The number of carbonyl (C=O) groups is 1. The zero-order chi connectivity index (χ0) is 19.3. The second kappa shape index (κ2) is 8.39. The van der Waals surface area contributed by atoms with Gasteiger partial charge in [0.05, 0.1) is 6.54 Å². The summed E-state index contributed by atoms with van der Waals surface area (Å²) >= 11 is 1.78. The maximum Gasteiger partial charge on any atom is 0.224 e. The standard InChI is InChI=1S/C19H23N7OS/c1-20-19(22-12-17-24-23-16-4-2-3-9-26(16)17)21-8-5-18(27)25-10-6-15-14(13-25)7-11-28-15/h2-4,7,9,11H,5-6,8,10,12-13H2,1H3,(H2,20,21,22). The number of thiophene rings is 1. The van der Waals surface area contributed by atoms with Gasteiger partial charge in [-0.05, 0) is 35.6 Å². The molecule has 3 aromatic rings. The summed E-state index contributed by atoms with van der Waals surface area (Å²) in [5.41, 5.74) is 2.10. The molecular formula is C19H23N7OS. The lowest BCUT2D eigenvalue weighted by Gasteiger charge is -2.27. The van der Waals surface area contributed by atoms with Crippen molar-refractivity contribution < 1.29 is 4.79 Å². The summed E-state index contributed by atoms with van der Waals surface area (Å²) in [6.45, 7) is 2.56. The van der Waals surface area contributed by atoms with Crippen LogP contribution in [0.1, 0.15) is 22.7 Å². The lowest BCUT2D eigenvalue weighted by molar-refractivity contribution is -0.131. The number of nitrogens with one attached hydrogen (secondary N) is 2. The van der Waals surface area contributed by atoms with E-state index in [1.807, 2.05) is 33.7 Å². The fourth-order valence-corrected chi connectivity index (χ4v) is 4.19. The topological polar surface area (TPSA) is 86.9 Å². The lowest BCUT2D eigenvalue weighted by Crippen LogP contribution is -2.41. The molecule has 0 unspecified atom stereocenters. The predicted octanol–water partition coefficient (Wildman–Crippen LogP) is 1.43. The molecule has 0 saturated carbocycles. The van der Waals surface area contributed by atoms with E-state index in [0.717, 1.165) is 31.0 Å². The predicted molar refractivity (Wildman–Crippen MR) is 109 cm³/mol. The van der Waals surface area contributed by atoms with E-state index in [-0.39, 0.29) is 5.91 Å². The molecule has 0 radical (unpaired) electrons. The SMILES string of the molecule is CN=C(NCCC(=O)N1CCc2sccc2C1)NCc1nnc2ccccn12. The van der Waals surface area contributed by atoms with Gasteiger partial charge in [-0.2, -0.15) is 0 Å². The first-order valence-corrected chi connectivity index (χ1v) is 10.2. The molecule has 0 atom stereocenters. The van der Waals surface area contributed by atoms with Crippen molar-refractivity contribution in [2.45, 2.75) is 25.9 Å². The first kappa shape index (κ1) is 18.4.